The molecule has 1 aromatic heterocycles. The number of carbonyl (C=O) groups excluding carboxylic acids is 1. The van der Waals surface area contributed by atoms with Crippen molar-refractivity contribution >= 4 is 33.8 Å². The van der Waals surface area contributed by atoms with Crippen molar-refractivity contribution in [2.45, 2.75) is 20.8 Å². The van der Waals surface area contributed by atoms with E-state index < -0.39 is 0 Å². The van der Waals surface area contributed by atoms with Crippen molar-refractivity contribution in [3.8, 4) is 0 Å². The molecule has 0 fully saturated rings. The predicted octanol–water partition coefficient (Wildman–Crippen LogP) is 4.63. The van der Waals surface area contributed by atoms with E-state index in [0.29, 0.717) is 15.6 Å². The second-order valence-electron chi connectivity index (χ2n) is 5.82. The minimum atomic E-state index is -0.0830. The quantitative estimate of drug-likeness (QED) is 0.681. The fraction of sp³-hybridized carbons (Fsp3) is 0.158. The van der Waals surface area contributed by atoms with Crippen LogP contribution < -0.4 is 11.1 Å². The van der Waals surface area contributed by atoms with Crippen LogP contribution in [0.25, 0.3) is 0 Å². The number of nitrogens with two attached hydrogens (primary N) is 1. The molecular weight excluding hydrogens is 318 g/mol. The molecule has 1 heterocycles. The molecule has 5 heteroatoms. The van der Waals surface area contributed by atoms with Crippen LogP contribution in [0.3, 0.4) is 0 Å². The van der Waals surface area contributed by atoms with E-state index in [1.807, 2.05) is 63.2 Å². The van der Waals surface area contributed by atoms with Crippen molar-refractivity contribution in [2.24, 2.45) is 0 Å². The Balaban J connectivity index is 1.91. The number of rotatable bonds is 4. The number of nitrogens with one attached hydrogen (secondary N) is 1. The molecule has 3 rings (SSSR count). The molecule has 0 atom stereocenters. The third kappa shape index (κ3) is 3.16. The van der Waals surface area contributed by atoms with Gasteiger partial charge in [0.15, 0.2) is 5.13 Å². The van der Waals surface area contributed by atoms with Gasteiger partial charge in [-0.3, -0.25) is 4.79 Å². The number of nitrogen functional groups attached to an aromatic ring is 1. The summed E-state index contributed by atoms with van der Waals surface area (Å²) >= 11 is 1.28. The van der Waals surface area contributed by atoms with Gasteiger partial charge in [0, 0.05) is 11.3 Å². The maximum atomic E-state index is 12.8. The first-order valence-corrected chi connectivity index (χ1v) is 8.48. The van der Waals surface area contributed by atoms with E-state index >= 15 is 0 Å². The molecular formula is C19H19N3OS. The lowest BCUT2D eigenvalue weighted by molar-refractivity contribution is 0.104. The van der Waals surface area contributed by atoms with Crippen LogP contribution >= 0.6 is 11.3 Å². The summed E-state index contributed by atoms with van der Waals surface area (Å²) in [6, 6.07) is 13.7. The van der Waals surface area contributed by atoms with Crippen molar-refractivity contribution in [3.63, 3.8) is 0 Å². The van der Waals surface area contributed by atoms with Crippen molar-refractivity contribution in [3.05, 3.63) is 69.6 Å². The van der Waals surface area contributed by atoms with Crippen LogP contribution in [0.4, 0.5) is 16.6 Å². The number of benzene rings is 2. The van der Waals surface area contributed by atoms with E-state index in [0.717, 1.165) is 22.4 Å². The molecule has 0 aliphatic carbocycles. The zero-order chi connectivity index (χ0) is 17.3. The van der Waals surface area contributed by atoms with Crippen molar-refractivity contribution in [1.29, 1.82) is 0 Å². The standard InChI is InChI=1S/C19H19N3OS/c1-11-8-9-14(13(3)10-11)16(23)17-18(20)22-19(24-17)21-15-7-5-4-6-12(15)2/h4-10H,20H2,1-3H3,(H,21,22). The second-order valence-corrected chi connectivity index (χ2v) is 6.82. The average molecular weight is 337 g/mol. The molecule has 0 bridgehead atoms. The van der Waals surface area contributed by atoms with Gasteiger partial charge in [0.2, 0.25) is 5.78 Å². The van der Waals surface area contributed by atoms with Crippen LogP contribution in [-0.4, -0.2) is 10.8 Å². The largest absolute Gasteiger partial charge is 0.382 e. The summed E-state index contributed by atoms with van der Waals surface area (Å²) in [6.45, 7) is 5.96. The molecule has 0 amide bonds. The van der Waals surface area contributed by atoms with Gasteiger partial charge in [0.1, 0.15) is 10.7 Å². The number of carbonyl (C=O) groups is 1. The number of ketones is 1. The number of nitrogens with zero attached hydrogens (tertiary/aromatic N) is 1. The fourth-order valence-corrected chi connectivity index (χ4v) is 3.42. The Morgan fingerprint density at radius 1 is 1.08 bits per heavy atom. The van der Waals surface area contributed by atoms with Gasteiger partial charge in [-0.2, -0.15) is 0 Å². The van der Waals surface area contributed by atoms with E-state index in [1.165, 1.54) is 11.3 Å². The average Bonchev–Trinajstić information content (AvgIpc) is 2.89. The summed E-state index contributed by atoms with van der Waals surface area (Å²) < 4.78 is 0. The molecule has 0 aliphatic rings. The smallest absolute Gasteiger partial charge is 0.207 e. The van der Waals surface area contributed by atoms with E-state index in [1.54, 1.807) is 0 Å². The molecule has 0 unspecified atom stereocenters. The van der Waals surface area contributed by atoms with Crippen LogP contribution in [0.2, 0.25) is 0 Å². The highest BCUT2D eigenvalue weighted by Crippen LogP contribution is 2.31. The molecule has 122 valence electrons. The Morgan fingerprint density at radius 2 is 1.83 bits per heavy atom. The van der Waals surface area contributed by atoms with E-state index in [4.69, 9.17) is 5.73 Å². The summed E-state index contributed by atoms with van der Waals surface area (Å²) in [6.07, 6.45) is 0. The zero-order valence-electron chi connectivity index (χ0n) is 13.9. The minimum absolute atomic E-state index is 0.0830. The van der Waals surface area contributed by atoms with Gasteiger partial charge < -0.3 is 11.1 Å². The lowest BCUT2D eigenvalue weighted by Gasteiger charge is -2.05. The predicted molar refractivity (Wildman–Crippen MR) is 100 cm³/mol. The number of thiazole rings is 1. The van der Waals surface area contributed by atoms with Crippen LogP contribution in [-0.2, 0) is 0 Å². The van der Waals surface area contributed by atoms with Gasteiger partial charge in [0.05, 0.1) is 0 Å². The molecule has 2 aromatic carbocycles. The van der Waals surface area contributed by atoms with Crippen LogP contribution in [0, 0.1) is 20.8 Å². The van der Waals surface area contributed by atoms with E-state index in [9.17, 15) is 4.79 Å². The van der Waals surface area contributed by atoms with Crippen molar-refractivity contribution in [2.75, 3.05) is 11.1 Å². The van der Waals surface area contributed by atoms with Crippen molar-refractivity contribution < 1.29 is 4.79 Å². The zero-order valence-corrected chi connectivity index (χ0v) is 14.7. The molecule has 24 heavy (non-hydrogen) atoms. The topological polar surface area (TPSA) is 68.0 Å². The van der Waals surface area contributed by atoms with Gasteiger partial charge in [-0.1, -0.05) is 53.3 Å². The first-order chi connectivity index (χ1) is 11.5. The molecule has 0 saturated heterocycles. The van der Waals surface area contributed by atoms with Crippen LogP contribution in [0.15, 0.2) is 42.5 Å². The minimum Gasteiger partial charge on any atom is -0.382 e. The molecule has 0 radical (unpaired) electrons. The van der Waals surface area contributed by atoms with Gasteiger partial charge in [0.25, 0.3) is 0 Å². The maximum absolute atomic E-state index is 12.8. The van der Waals surface area contributed by atoms with Crippen LogP contribution in [0.5, 0.6) is 0 Å². The summed E-state index contributed by atoms with van der Waals surface area (Å²) in [7, 11) is 0. The number of aromatic nitrogens is 1. The van der Waals surface area contributed by atoms with Gasteiger partial charge in [-0.15, -0.1) is 0 Å². The lowest BCUT2D eigenvalue weighted by atomic mass is 10.0. The van der Waals surface area contributed by atoms with E-state index in [2.05, 4.69) is 10.3 Å². The third-order valence-corrected chi connectivity index (χ3v) is 4.86. The fourth-order valence-electron chi connectivity index (χ4n) is 2.57. The second kappa shape index (κ2) is 6.45. The number of hydrogen-bond donors (Lipinski definition) is 2. The molecule has 3 N–H and O–H groups in total. The van der Waals surface area contributed by atoms with Gasteiger partial charge in [-0.25, -0.2) is 4.98 Å². The normalized spacial score (nSPS) is 10.6. The highest BCUT2D eigenvalue weighted by Gasteiger charge is 2.19. The highest BCUT2D eigenvalue weighted by molar-refractivity contribution is 7.18. The summed E-state index contributed by atoms with van der Waals surface area (Å²) in [5, 5.41) is 3.86. The number of aryl methyl sites for hydroxylation is 3. The summed E-state index contributed by atoms with van der Waals surface area (Å²) in [5.74, 6) is 0.182. The van der Waals surface area contributed by atoms with Crippen LogP contribution in [0.1, 0.15) is 31.9 Å². The SMILES string of the molecule is Cc1ccc(C(=O)c2sc(Nc3ccccc3C)nc2N)c(C)c1. The Hall–Kier alpha value is -2.66. The Morgan fingerprint density at radius 3 is 2.54 bits per heavy atom. The maximum Gasteiger partial charge on any atom is 0.207 e. The number of hydrogen-bond acceptors (Lipinski definition) is 5. The molecule has 0 saturated carbocycles. The third-order valence-electron chi connectivity index (χ3n) is 3.87. The first kappa shape index (κ1) is 16.2. The Kier molecular flexibility index (Phi) is 4.36. The summed E-state index contributed by atoms with van der Waals surface area (Å²) in [4.78, 5) is 17.6. The Bertz CT molecular complexity index is 915. The van der Waals surface area contributed by atoms with Gasteiger partial charge in [-0.05, 0) is 38.0 Å². The number of anilines is 3. The first-order valence-electron chi connectivity index (χ1n) is 7.66. The number of para-hydroxylation sites is 1. The monoisotopic (exact) mass is 337 g/mol. The molecule has 0 aliphatic heterocycles. The molecule has 0 spiro atoms. The van der Waals surface area contributed by atoms with Gasteiger partial charge >= 0.3 is 0 Å². The lowest BCUT2D eigenvalue weighted by Crippen LogP contribution is -2.04. The molecule has 4 nitrogen and oxygen atoms in total. The Labute approximate surface area is 145 Å². The summed E-state index contributed by atoms with van der Waals surface area (Å²) in [5.41, 5.74) is 10.8. The molecule has 3 aromatic rings. The van der Waals surface area contributed by atoms with Crippen molar-refractivity contribution in [1.82, 2.24) is 4.98 Å². The van der Waals surface area contributed by atoms with E-state index in [-0.39, 0.29) is 11.6 Å². The highest BCUT2D eigenvalue weighted by atomic mass is 32.1.